The van der Waals surface area contributed by atoms with Crippen LogP contribution < -0.4 is 5.32 Å². The first kappa shape index (κ1) is 12.6. The maximum absolute atomic E-state index is 13.3. The molecule has 0 saturated heterocycles. The van der Waals surface area contributed by atoms with Crippen LogP contribution in [0.3, 0.4) is 0 Å². The summed E-state index contributed by atoms with van der Waals surface area (Å²) in [5.74, 6) is -0.262. The number of benzene rings is 1. The number of thiophene rings is 1. The van der Waals surface area contributed by atoms with Crippen molar-refractivity contribution in [2.75, 3.05) is 6.54 Å². The Morgan fingerprint density at radius 1 is 1.41 bits per heavy atom. The Hall–Kier alpha value is -0.900. The molecule has 1 aromatic carbocycles. The van der Waals surface area contributed by atoms with E-state index in [1.54, 1.807) is 17.4 Å². The zero-order valence-corrected chi connectivity index (χ0v) is 11.0. The Morgan fingerprint density at radius 3 is 2.88 bits per heavy atom. The molecular formula is C13H13ClFNS. The van der Waals surface area contributed by atoms with Gasteiger partial charge >= 0.3 is 0 Å². The third-order valence-corrected chi connectivity index (χ3v) is 3.60. The van der Waals surface area contributed by atoms with E-state index in [4.69, 9.17) is 11.6 Å². The van der Waals surface area contributed by atoms with Crippen LogP contribution in [0.25, 0.3) is 0 Å². The summed E-state index contributed by atoms with van der Waals surface area (Å²) >= 11 is 7.76. The van der Waals surface area contributed by atoms with Gasteiger partial charge in [-0.3, -0.25) is 0 Å². The first-order valence-electron chi connectivity index (χ1n) is 5.42. The lowest BCUT2D eigenvalue weighted by Gasteiger charge is -2.18. The Labute approximate surface area is 109 Å². The molecule has 2 aromatic rings. The third-order valence-electron chi connectivity index (χ3n) is 2.55. The zero-order chi connectivity index (χ0) is 12.3. The average Bonchev–Trinajstić information content (AvgIpc) is 2.83. The van der Waals surface area contributed by atoms with Crippen molar-refractivity contribution in [3.8, 4) is 0 Å². The van der Waals surface area contributed by atoms with Gasteiger partial charge in [-0.1, -0.05) is 18.5 Å². The molecule has 4 heteroatoms. The molecule has 1 atom stereocenters. The summed E-state index contributed by atoms with van der Waals surface area (Å²) in [6.07, 6.45) is 0. The summed E-state index contributed by atoms with van der Waals surface area (Å²) in [5, 5.41) is 7.97. The highest BCUT2D eigenvalue weighted by atomic mass is 35.5. The molecule has 1 unspecified atom stereocenters. The molecule has 0 amide bonds. The lowest BCUT2D eigenvalue weighted by molar-refractivity contribution is 0.604. The molecule has 0 saturated carbocycles. The van der Waals surface area contributed by atoms with Gasteiger partial charge in [-0.15, -0.1) is 0 Å². The molecule has 0 radical (unpaired) electrons. The van der Waals surface area contributed by atoms with Crippen molar-refractivity contribution < 1.29 is 4.39 Å². The van der Waals surface area contributed by atoms with Crippen molar-refractivity contribution in [2.24, 2.45) is 0 Å². The Bertz CT molecular complexity index is 484. The van der Waals surface area contributed by atoms with E-state index in [-0.39, 0.29) is 11.9 Å². The molecule has 0 fully saturated rings. The van der Waals surface area contributed by atoms with Crippen LogP contribution in [0, 0.1) is 5.82 Å². The molecule has 90 valence electrons. The summed E-state index contributed by atoms with van der Waals surface area (Å²) in [6.45, 7) is 2.82. The van der Waals surface area contributed by atoms with E-state index in [1.807, 2.05) is 18.4 Å². The monoisotopic (exact) mass is 269 g/mol. The molecule has 1 heterocycles. The fraction of sp³-hybridized carbons (Fsp3) is 0.231. The average molecular weight is 270 g/mol. The summed E-state index contributed by atoms with van der Waals surface area (Å²) in [5.41, 5.74) is 1.90. The molecule has 2 rings (SSSR count). The number of rotatable bonds is 4. The molecule has 1 aromatic heterocycles. The van der Waals surface area contributed by atoms with Crippen molar-refractivity contribution >= 4 is 22.9 Å². The van der Waals surface area contributed by atoms with Crippen molar-refractivity contribution in [3.05, 3.63) is 57.0 Å². The van der Waals surface area contributed by atoms with Crippen LogP contribution in [0.2, 0.25) is 5.02 Å². The lowest BCUT2D eigenvalue weighted by atomic mass is 10.0. The third kappa shape index (κ3) is 2.86. The van der Waals surface area contributed by atoms with Gasteiger partial charge in [-0.25, -0.2) is 4.39 Å². The van der Waals surface area contributed by atoms with E-state index in [0.717, 1.165) is 17.7 Å². The van der Waals surface area contributed by atoms with E-state index in [0.29, 0.717) is 5.02 Å². The smallest absolute Gasteiger partial charge is 0.123 e. The van der Waals surface area contributed by atoms with Gasteiger partial charge in [0, 0.05) is 5.02 Å². The van der Waals surface area contributed by atoms with Gasteiger partial charge in [0.25, 0.3) is 0 Å². The molecule has 0 bridgehead atoms. The second kappa shape index (κ2) is 5.63. The lowest BCUT2D eigenvalue weighted by Crippen LogP contribution is -2.21. The minimum atomic E-state index is -0.262. The van der Waals surface area contributed by atoms with Crippen molar-refractivity contribution in [1.29, 1.82) is 0 Å². The number of nitrogens with one attached hydrogen (secondary N) is 1. The van der Waals surface area contributed by atoms with E-state index in [9.17, 15) is 4.39 Å². The molecule has 0 spiro atoms. The second-order valence-corrected chi connectivity index (χ2v) is 4.90. The Balaban J connectivity index is 2.42. The van der Waals surface area contributed by atoms with Crippen molar-refractivity contribution in [2.45, 2.75) is 13.0 Å². The van der Waals surface area contributed by atoms with E-state index in [1.165, 1.54) is 12.1 Å². The fourth-order valence-electron chi connectivity index (χ4n) is 1.79. The maximum atomic E-state index is 13.3. The van der Waals surface area contributed by atoms with Gasteiger partial charge < -0.3 is 5.32 Å². The second-order valence-electron chi connectivity index (χ2n) is 3.71. The molecule has 1 nitrogen and oxygen atoms in total. The largest absolute Gasteiger partial charge is 0.306 e. The predicted octanol–water partition coefficient (Wildman–Crippen LogP) is 4.24. The fourth-order valence-corrected chi connectivity index (χ4v) is 2.70. The molecule has 0 aliphatic carbocycles. The molecular weight excluding hydrogens is 257 g/mol. The summed E-state index contributed by atoms with van der Waals surface area (Å²) in [4.78, 5) is 0. The first-order chi connectivity index (χ1) is 8.22. The summed E-state index contributed by atoms with van der Waals surface area (Å²) < 4.78 is 13.3. The van der Waals surface area contributed by atoms with Crippen LogP contribution in [-0.2, 0) is 0 Å². The topological polar surface area (TPSA) is 12.0 Å². The molecule has 0 aliphatic rings. The first-order valence-corrected chi connectivity index (χ1v) is 6.75. The highest BCUT2D eigenvalue weighted by Gasteiger charge is 2.17. The SMILES string of the molecule is CCNC(c1ccsc1)c1cc(F)ccc1Cl. The quantitative estimate of drug-likeness (QED) is 0.875. The normalized spacial score (nSPS) is 12.6. The standard InChI is InChI=1S/C13H13ClFNS/c1-2-16-13(9-5-6-17-8-9)11-7-10(15)3-4-12(11)14/h3-8,13,16H,2H2,1H3. The van der Waals surface area contributed by atoms with Gasteiger partial charge in [0.2, 0.25) is 0 Å². The van der Waals surface area contributed by atoms with Gasteiger partial charge in [0.1, 0.15) is 5.82 Å². The highest BCUT2D eigenvalue weighted by Crippen LogP contribution is 2.30. The summed E-state index contributed by atoms with van der Waals surface area (Å²) in [7, 11) is 0. The van der Waals surface area contributed by atoms with E-state index in [2.05, 4.69) is 10.7 Å². The molecule has 17 heavy (non-hydrogen) atoms. The minimum absolute atomic E-state index is 0.0468. The zero-order valence-electron chi connectivity index (χ0n) is 9.41. The Morgan fingerprint density at radius 2 is 2.24 bits per heavy atom. The van der Waals surface area contributed by atoms with Crippen LogP contribution in [0.15, 0.2) is 35.0 Å². The van der Waals surface area contributed by atoms with Gasteiger partial charge in [-0.05, 0) is 52.7 Å². The maximum Gasteiger partial charge on any atom is 0.123 e. The van der Waals surface area contributed by atoms with Gasteiger partial charge in [0.05, 0.1) is 6.04 Å². The van der Waals surface area contributed by atoms with Gasteiger partial charge in [-0.2, -0.15) is 11.3 Å². The van der Waals surface area contributed by atoms with Crippen LogP contribution in [0.1, 0.15) is 24.1 Å². The van der Waals surface area contributed by atoms with E-state index < -0.39 is 0 Å². The van der Waals surface area contributed by atoms with Crippen LogP contribution in [0.5, 0.6) is 0 Å². The van der Waals surface area contributed by atoms with Crippen molar-refractivity contribution in [3.63, 3.8) is 0 Å². The highest BCUT2D eigenvalue weighted by molar-refractivity contribution is 7.08. The van der Waals surface area contributed by atoms with E-state index >= 15 is 0 Å². The number of halogens is 2. The number of hydrogen-bond donors (Lipinski definition) is 1. The van der Waals surface area contributed by atoms with Crippen LogP contribution in [-0.4, -0.2) is 6.54 Å². The number of hydrogen-bond acceptors (Lipinski definition) is 2. The minimum Gasteiger partial charge on any atom is -0.306 e. The molecule has 1 N–H and O–H groups in total. The Kier molecular flexibility index (Phi) is 4.15. The summed E-state index contributed by atoms with van der Waals surface area (Å²) in [6, 6.07) is 6.45. The van der Waals surface area contributed by atoms with Gasteiger partial charge in [0.15, 0.2) is 0 Å². The van der Waals surface area contributed by atoms with Crippen LogP contribution in [0.4, 0.5) is 4.39 Å². The van der Waals surface area contributed by atoms with Crippen LogP contribution >= 0.6 is 22.9 Å². The van der Waals surface area contributed by atoms with Crippen molar-refractivity contribution in [1.82, 2.24) is 5.32 Å². The molecule has 0 aliphatic heterocycles. The predicted molar refractivity (Wildman–Crippen MR) is 71.2 cm³/mol.